The third-order valence-electron chi connectivity index (χ3n) is 3.30. The Morgan fingerprint density at radius 2 is 2.06 bits per heavy atom. The van der Waals surface area contributed by atoms with Crippen LogP contribution in [-0.2, 0) is 10.1 Å². The lowest BCUT2D eigenvalue weighted by Crippen LogP contribution is -2.41. The first-order valence-electron chi connectivity index (χ1n) is 5.76. The van der Waals surface area contributed by atoms with Crippen LogP contribution in [0.15, 0.2) is 0 Å². The summed E-state index contributed by atoms with van der Waals surface area (Å²) in [6.07, 6.45) is 1.81. The summed E-state index contributed by atoms with van der Waals surface area (Å²) < 4.78 is 30.8. The molecule has 0 aromatic rings. The van der Waals surface area contributed by atoms with Crippen LogP contribution in [0.5, 0.6) is 0 Å². The van der Waals surface area contributed by atoms with Crippen LogP contribution in [0.2, 0.25) is 0 Å². The van der Waals surface area contributed by atoms with E-state index in [1.165, 1.54) is 0 Å². The second-order valence-electron chi connectivity index (χ2n) is 4.96. The Balaban J connectivity index is 2.32. The first-order chi connectivity index (χ1) is 7.30. The van der Waals surface area contributed by atoms with Gasteiger partial charge in [-0.05, 0) is 25.2 Å². The lowest BCUT2D eigenvalue weighted by Gasteiger charge is -2.19. The van der Waals surface area contributed by atoms with Crippen LogP contribution in [0, 0.1) is 5.92 Å². The van der Waals surface area contributed by atoms with Gasteiger partial charge in [-0.2, -0.15) is 8.42 Å². The summed E-state index contributed by atoms with van der Waals surface area (Å²) in [5, 5.41) is 2.67. The van der Waals surface area contributed by atoms with Gasteiger partial charge in [0.1, 0.15) is 0 Å². The highest BCUT2D eigenvalue weighted by atomic mass is 32.2. The summed E-state index contributed by atoms with van der Waals surface area (Å²) in [4.78, 5) is 0. The number of rotatable bonds is 5. The average molecular weight is 250 g/mol. The summed E-state index contributed by atoms with van der Waals surface area (Å²) in [5.41, 5.74) is 5.88. The Hall–Kier alpha value is -0.170. The van der Waals surface area contributed by atoms with Crippen molar-refractivity contribution in [1.82, 2.24) is 5.32 Å². The summed E-state index contributed by atoms with van der Waals surface area (Å²) in [5.74, 6) is 0.409. The zero-order valence-electron chi connectivity index (χ0n) is 9.89. The van der Waals surface area contributed by atoms with Gasteiger partial charge in [-0.1, -0.05) is 13.8 Å². The molecule has 96 valence electrons. The first kappa shape index (κ1) is 13.9. The topological polar surface area (TPSA) is 92.4 Å². The lowest BCUT2D eigenvalue weighted by molar-refractivity contribution is 0.419. The van der Waals surface area contributed by atoms with Crippen LogP contribution in [0.1, 0.15) is 33.1 Å². The van der Waals surface area contributed by atoms with Crippen molar-refractivity contribution < 1.29 is 13.0 Å². The van der Waals surface area contributed by atoms with Crippen LogP contribution in [-0.4, -0.2) is 36.8 Å². The van der Waals surface area contributed by atoms with E-state index in [2.05, 4.69) is 19.2 Å². The van der Waals surface area contributed by atoms with Gasteiger partial charge >= 0.3 is 0 Å². The van der Waals surface area contributed by atoms with Gasteiger partial charge in [-0.25, -0.2) is 0 Å². The van der Waals surface area contributed by atoms with E-state index in [4.69, 9.17) is 10.3 Å². The van der Waals surface area contributed by atoms with Crippen molar-refractivity contribution >= 4 is 10.1 Å². The minimum atomic E-state index is -3.86. The van der Waals surface area contributed by atoms with Crippen molar-refractivity contribution in [3.63, 3.8) is 0 Å². The molecule has 0 aromatic heterocycles. The molecule has 3 atom stereocenters. The van der Waals surface area contributed by atoms with E-state index < -0.39 is 15.4 Å². The molecule has 1 fully saturated rings. The average Bonchev–Trinajstić information content (AvgIpc) is 2.61. The van der Waals surface area contributed by atoms with Gasteiger partial charge in [-0.3, -0.25) is 4.55 Å². The van der Waals surface area contributed by atoms with Gasteiger partial charge in [0.25, 0.3) is 10.1 Å². The molecule has 1 saturated carbocycles. The highest BCUT2D eigenvalue weighted by Crippen LogP contribution is 2.24. The molecule has 1 aliphatic rings. The maximum atomic E-state index is 10.9. The highest BCUT2D eigenvalue weighted by Gasteiger charge is 2.32. The monoisotopic (exact) mass is 250 g/mol. The molecule has 1 rings (SSSR count). The highest BCUT2D eigenvalue weighted by molar-refractivity contribution is 7.86. The van der Waals surface area contributed by atoms with Gasteiger partial charge in [0.05, 0.1) is 5.25 Å². The minimum Gasteiger partial charge on any atom is -0.326 e. The van der Waals surface area contributed by atoms with Crippen molar-refractivity contribution in [3.05, 3.63) is 0 Å². The second-order valence-corrected chi connectivity index (χ2v) is 6.66. The van der Waals surface area contributed by atoms with E-state index in [1.807, 2.05) is 0 Å². The molecule has 4 N–H and O–H groups in total. The van der Waals surface area contributed by atoms with Crippen molar-refractivity contribution in [3.8, 4) is 0 Å². The molecule has 0 heterocycles. The smallest absolute Gasteiger partial charge is 0.267 e. The standard InChI is InChI=1S/C10H22N2O3S/c1-7(2)10(11)6-12-8-3-4-9(5-8)16(13,14)15/h7-10,12H,3-6,11H2,1-2H3,(H,13,14,15)/t8?,9?,10-/m1/s1. The van der Waals surface area contributed by atoms with E-state index in [0.29, 0.717) is 25.3 Å². The third-order valence-corrected chi connectivity index (χ3v) is 4.57. The molecule has 2 unspecified atom stereocenters. The molecular formula is C10H22N2O3S. The van der Waals surface area contributed by atoms with Crippen LogP contribution >= 0.6 is 0 Å². The molecule has 0 amide bonds. The molecule has 0 spiro atoms. The summed E-state index contributed by atoms with van der Waals surface area (Å²) in [6.45, 7) is 4.81. The molecule has 0 aromatic carbocycles. The van der Waals surface area contributed by atoms with Gasteiger partial charge in [0.15, 0.2) is 0 Å². The van der Waals surface area contributed by atoms with Gasteiger partial charge in [0, 0.05) is 18.6 Å². The molecular weight excluding hydrogens is 228 g/mol. The predicted molar refractivity (Wildman–Crippen MR) is 63.8 cm³/mol. The molecule has 0 bridgehead atoms. The second kappa shape index (κ2) is 5.44. The zero-order valence-corrected chi connectivity index (χ0v) is 10.7. The minimum absolute atomic E-state index is 0.0878. The Kier molecular flexibility index (Phi) is 4.73. The Morgan fingerprint density at radius 3 is 2.50 bits per heavy atom. The Morgan fingerprint density at radius 1 is 1.44 bits per heavy atom. The van der Waals surface area contributed by atoms with E-state index in [9.17, 15) is 8.42 Å². The van der Waals surface area contributed by atoms with Crippen molar-refractivity contribution in [2.24, 2.45) is 11.7 Å². The summed E-state index contributed by atoms with van der Waals surface area (Å²) >= 11 is 0. The fourth-order valence-electron chi connectivity index (χ4n) is 1.93. The first-order valence-corrected chi connectivity index (χ1v) is 7.26. The van der Waals surface area contributed by atoms with Gasteiger partial charge in [-0.15, -0.1) is 0 Å². The summed E-state index contributed by atoms with van der Waals surface area (Å²) in [7, 11) is -3.86. The van der Waals surface area contributed by atoms with E-state index in [0.717, 1.165) is 6.42 Å². The fourth-order valence-corrected chi connectivity index (χ4v) is 2.84. The molecule has 5 nitrogen and oxygen atoms in total. The number of hydrogen-bond acceptors (Lipinski definition) is 4. The maximum absolute atomic E-state index is 10.9. The SMILES string of the molecule is CC(C)[C@H](N)CNC1CCC(S(=O)(=O)O)C1. The number of nitrogens with one attached hydrogen (secondary N) is 1. The van der Waals surface area contributed by atoms with Gasteiger partial charge < -0.3 is 11.1 Å². The zero-order chi connectivity index (χ0) is 12.3. The fraction of sp³-hybridized carbons (Fsp3) is 1.00. The van der Waals surface area contributed by atoms with Crippen molar-refractivity contribution in [1.29, 1.82) is 0 Å². The predicted octanol–water partition coefficient (Wildman–Crippen LogP) is 0.368. The molecule has 0 aliphatic heterocycles. The van der Waals surface area contributed by atoms with E-state index in [1.54, 1.807) is 0 Å². The van der Waals surface area contributed by atoms with Crippen LogP contribution in [0.4, 0.5) is 0 Å². The molecule has 1 aliphatic carbocycles. The van der Waals surface area contributed by atoms with E-state index >= 15 is 0 Å². The van der Waals surface area contributed by atoms with Crippen molar-refractivity contribution in [2.75, 3.05) is 6.54 Å². The van der Waals surface area contributed by atoms with Crippen LogP contribution < -0.4 is 11.1 Å². The number of nitrogens with two attached hydrogens (primary N) is 1. The van der Waals surface area contributed by atoms with Crippen molar-refractivity contribution in [2.45, 2.75) is 50.4 Å². The maximum Gasteiger partial charge on any atom is 0.267 e. The molecule has 0 saturated heterocycles. The molecule has 0 radical (unpaired) electrons. The van der Waals surface area contributed by atoms with Gasteiger partial charge in [0.2, 0.25) is 0 Å². The normalized spacial score (nSPS) is 28.6. The number of hydrogen-bond donors (Lipinski definition) is 3. The van der Waals surface area contributed by atoms with Crippen LogP contribution in [0.25, 0.3) is 0 Å². The van der Waals surface area contributed by atoms with Crippen LogP contribution in [0.3, 0.4) is 0 Å². The largest absolute Gasteiger partial charge is 0.326 e. The molecule has 16 heavy (non-hydrogen) atoms. The Bertz CT molecular complexity index is 316. The molecule has 6 heteroatoms. The Labute approximate surface area is 97.5 Å². The summed E-state index contributed by atoms with van der Waals surface area (Å²) in [6, 6.07) is 0.251. The van der Waals surface area contributed by atoms with E-state index in [-0.39, 0.29) is 12.1 Å². The quantitative estimate of drug-likeness (QED) is 0.613. The third kappa shape index (κ3) is 4.01. The lowest BCUT2D eigenvalue weighted by atomic mass is 10.1.